The van der Waals surface area contributed by atoms with Crippen LogP contribution >= 0.6 is 11.3 Å². The Hall–Kier alpha value is -2.59. The molecule has 0 saturated heterocycles. The molecule has 2 aromatic heterocycles. The average Bonchev–Trinajstić information content (AvgIpc) is 3.05. The van der Waals surface area contributed by atoms with Gasteiger partial charge in [-0.05, 0) is 36.1 Å². The summed E-state index contributed by atoms with van der Waals surface area (Å²) in [4.78, 5) is 13.6. The minimum atomic E-state index is 0.436. The first-order valence-electron chi connectivity index (χ1n) is 8.51. The Morgan fingerprint density at radius 3 is 2.32 bits per heavy atom. The summed E-state index contributed by atoms with van der Waals surface area (Å²) in [5, 5.41) is 1.19. The zero-order chi connectivity index (χ0) is 16.9. The van der Waals surface area contributed by atoms with Gasteiger partial charge in [0.1, 0.15) is 5.82 Å². The number of nitrogens with zero attached hydrogens (tertiary/aromatic N) is 3. The van der Waals surface area contributed by atoms with Crippen molar-refractivity contribution in [2.45, 2.75) is 19.3 Å². The van der Waals surface area contributed by atoms with E-state index in [2.05, 4.69) is 58.5 Å². The Morgan fingerprint density at radius 2 is 1.52 bits per heavy atom. The van der Waals surface area contributed by atoms with E-state index in [-0.39, 0.29) is 0 Å². The molecule has 0 amide bonds. The van der Waals surface area contributed by atoms with Gasteiger partial charge in [0.2, 0.25) is 0 Å². The van der Waals surface area contributed by atoms with Crippen molar-refractivity contribution < 1.29 is 0 Å². The van der Waals surface area contributed by atoms with Crippen LogP contribution in [0.15, 0.2) is 73.1 Å². The molecule has 0 radical (unpaired) electrons. The summed E-state index contributed by atoms with van der Waals surface area (Å²) in [5.41, 5.74) is 2.45. The van der Waals surface area contributed by atoms with Crippen molar-refractivity contribution in [1.82, 2.24) is 15.0 Å². The van der Waals surface area contributed by atoms with Crippen molar-refractivity contribution in [3.8, 4) is 0 Å². The smallest absolute Gasteiger partial charge is 0.128 e. The lowest BCUT2D eigenvalue weighted by atomic mass is 9.93. The van der Waals surface area contributed by atoms with E-state index in [0.717, 1.165) is 30.6 Å². The SMILES string of the molecule is c1ccc(CC(Cc2ncccn2)Cc2nc3ccccc3s2)cc1. The first-order chi connectivity index (χ1) is 12.4. The van der Waals surface area contributed by atoms with Crippen molar-refractivity contribution in [2.24, 2.45) is 5.92 Å². The van der Waals surface area contributed by atoms with Crippen LogP contribution in [-0.4, -0.2) is 15.0 Å². The molecule has 4 aromatic rings. The van der Waals surface area contributed by atoms with Crippen molar-refractivity contribution in [3.05, 3.63) is 89.5 Å². The Balaban J connectivity index is 1.57. The van der Waals surface area contributed by atoms with E-state index in [1.165, 1.54) is 15.3 Å². The molecule has 0 bridgehead atoms. The predicted octanol–water partition coefficient (Wildman–Crippen LogP) is 4.73. The van der Waals surface area contributed by atoms with E-state index in [4.69, 9.17) is 4.98 Å². The van der Waals surface area contributed by atoms with Crippen molar-refractivity contribution in [2.75, 3.05) is 0 Å². The Labute approximate surface area is 151 Å². The first-order valence-corrected chi connectivity index (χ1v) is 9.33. The Kier molecular flexibility index (Phi) is 4.79. The van der Waals surface area contributed by atoms with Gasteiger partial charge >= 0.3 is 0 Å². The fraction of sp³-hybridized carbons (Fsp3) is 0.190. The van der Waals surface area contributed by atoms with Crippen LogP contribution in [-0.2, 0) is 19.3 Å². The molecule has 124 valence electrons. The number of fused-ring (bicyclic) bond motifs is 1. The van der Waals surface area contributed by atoms with Crippen LogP contribution in [0.3, 0.4) is 0 Å². The summed E-state index contributed by atoms with van der Waals surface area (Å²) in [5.74, 6) is 1.34. The molecule has 2 heterocycles. The number of benzene rings is 2. The second kappa shape index (κ2) is 7.53. The zero-order valence-corrected chi connectivity index (χ0v) is 14.7. The number of aromatic nitrogens is 3. The van der Waals surface area contributed by atoms with Crippen LogP contribution in [0.5, 0.6) is 0 Å². The third-order valence-electron chi connectivity index (χ3n) is 4.26. The summed E-state index contributed by atoms with van der Waals surface area (Å²) in [6.07, 6.45) is 6.46. The molecule has 0 aliphatic rings. The molecule has 0 fully saturated rings. The highest BCUT2D eigenvalue weighted by molar-refractivity contribution is 7.18. The molecule has 0 spiro atoms. The second-order valence-corrected chi connectivity index (χ2v) is 7.32. The van der Waals surface area contributed by atoms with Crippen LogP contribution in [0.1, 0.15) is 16.4 Å². The fourth-order valence-electron chi connectivity index (χ4n) is 3.11. The number of para-hydroxylation sites is 1. The molecule has 25 heavy (non-hydrogen) atoms. The monoisotopic (exact) mass is 345 g/mol. The van der Waals surface area contributed by atoms with Gasteiger partial charge in [0, 0.05) is 25.2 Å². The van der Waals surface area contributed by atoms with Gasteiger partial charge in [0.15, 0.2) is 0 Å². The molecule has 4 heteroatoms. The maximum Gasteiger partial charge on any atom is 0.128 e. The molecule has 2 aromatic carbocycles. The molecular formula is C21H19N3S. The number of rotatable bonds is 6. The molecule has 1 atom stereocenters. The van der Waals surface area contributed by atoms with Gasteiger partial charge in [0.05, 0.1) is 15.2 Å². The Bertz CT molecular complexity index is 860. The van der Waals surface area contributed by atoms with Crippen LogP contribution in [0.2, 0.25) is 0 Å². The molecule has 0 aliphatic heterocycles. The third kappa shape index (κ3) is 4.09. The number of hydrogen-bond acceptors (Lipinski definition) is 4. The van der Waals surface area contributed by atoms with E-state index in [9.17, 15) is 0 Å². The van der Waals surface area contributed by atoms with Gasteiger partial charge < -0.3 is 0 Å². The average molecular weight is 345 g/mol. The van der Waals surface area contributed by atoms with E-state index in [1.807, 2.05) is 24.5 Å². The van der Waals surface area contributed by atoms with Crippen molar-refractivity contribution >= 4 is 21.6 Å². The highest BCUT2D eigenvalue weighted by Gasteiger charge is 2.16. The van der Waals surface area contributed by atoms with Gasteiger partial charge in [-0.1, -0.05) is 42.5 Å². The van der Waals surface area contributed by atoms with Crippen LogP contribution in [0.25, 0.3) is 10.2 Å². The fourth-order valence-corrected chi connectivity index (χ4v) is 4.19. The summed E-state index contributed by atoms with van der Waals surface area (Å²) in [7, 11) is 0. The van der Waals surface area contributed by atoms with Gasteiger partial charge in [-0.2, -0.15) is 0 Å². The molecule has 3 nitrogen and oxygen atoms in total. The lowest BCUT2D eigenvalue weighted by Gasteiger charge is -2.15. The maximum absolute atomic E-state index is 4.81. The quantitative estimate of drug-likeness (QED) is 0.507. The van der Waals surface area contributed by atoms with Crippen LogP contribution < -0.4 is 0 Å². The molecular weight excluding hydrogens is 326 g/mol. The minimum absolute atomic E-state index is 0.436. The van der Waals surface area contributed by atoms with Crippen LogP contribution in [0, 0.1) is 5.92 Å². The number of hydrogen-bond donors (Lipinski definition) is 0. The summed E-state index contributed by atoms with van der Waals surface area (Å²) in [6, 6.07) is 20.9. The minimum Gasteiger partial charge on any atom is -0.241 e. The Morgan fingerprint density at radius 1 is 0.760 bits per heavy atom. The van der Waals surface area contributed by atoms with Gasteiger partial charge in [0.25, 0.3) is 0 Å². The van der Waals surface area contributed by atoms with Gasteiger partial charge in [-0.3, -0.25) is 0 Å². The van der Waals surface area contributed by atoms with Gasteiger partial charge in [-0.25, -0.2) is 15.0 Å². The molecule has 1 unspecified atom stereocenters. The largest absolute Gasteiger partial charge is 0.241 e. The van der Waals surface area contributed by atoms with E-state index >= 15 is 0 Å². The topological polar surface area (TPSA) is 38.7 Å². The lowest BCUT2D eigenvalue weighted by molar-refractivity contribution is 0.504. The highest BCUT2D eigenvalue weighted by atomic mass is 32.1. The second-order valence-electron chi connectivity index (χ2n) is 6.20. The highest BCUT2D eigenvalue weighted by Crippen LogP contribution is 2.26. The van der Waals surface area contributed by atoms with Crippen molar-refractivity contribution in [1.29, 1.82) is 0 Å². The van der Waals surface area contributed by atoms with E-state index in [0.29, 0.717) is 5.92 Å². The summed E-state index contributed by atoms with van der Waals surface area (Å²) in [6.45, 7) is 0. The summed E-state index contributed by atoms with van der Waals surface area (Å²) < 4.78 is 1.26. The predicted molar refractivity (Wildman–Crippen MR) is 103 cm³/mol. The maximum atomic E-state index is 4.81. The normalized spacial score (nSPS) is 12.3. The molecule has 0 saturated carbocycles. The first kappa shape index (κ1) is 15.9. The van der Waals surface area contributed by atoms with Crippen LogP contribution in [0.4, 0.5) is 0 Å². The standard InChI is InChI=1S/C21H19N3S/c1-2-7-16(8-3-1)13-17(14-20-22-11-6-12-23-20)15-21-24-18-9-4-5-10-19(18)25-21/h1-12,17H,13-15H2. The van der Waals surface area contributed by atoms with E-state index < -0.39 is 0 Å². The zero-order valence-electron chi connectivity index (χ0n) is 13.9. The summed E-state index contributed by atoms with van der Waals surface area (Å²) >= 11 is 1.79. The third-order valence-corrected chi connectivity index (χ3v) is 5.32. The number of thiazole rings is 1. The van der Waals surface area contributed by atoms with Crippen molar-refractivity contribution in [3.63, 3.8) is 0 Å². The molecule has 0 aliphatic carbocycles. The lowest BCUT2D eigenvalue weighted by Crippen LogP contribution is -2.13. The van der Waals surface area contributed by atoms with E-state index in [1.54, 1.807) is 11.3 Å². The molecule has 4 rings (SSSR count). The van der Waals surface area contributed by atoms with Gasteiger partial charge in [-0.15, -0.1) is 11.3 Å². The molecule has 0 N–H and O–H groups in total.